The van der Waals surface area contributed by atoms with Crippen molar-refractivity contribution in [2.75, 3.05) is 0 Å². The summed E-state index contributed by atoms with van der Waals surface area (Å²) in [6.45, 7) is 1.79. The standard InChI is InChI=1S/C14H11F3N2O2/c1-8-3-2-4-9(7-8)21-13-10(12(18)20)5-6-11(19-13)14(15,16)17/h2-7H,1H3,(H2,18,20). The van der Waals surface area contributed by atoms with Crippen molar-refractivity contribution < 1.29 is 22.7 Å². The number of nitrogens with two attached hydrogens (primary N) is 1. The third-order valence-corrected chi connectivity index (χ3v) is 2.62. The topological polar surface area (TPSA) is 65.2 Å². The molecular formula is C14H11F3N2O2. The van der Waals surface area contributed by atoms with E-state index >= 15 is 0 Å². The van der Waals surface area contributed by atoms with E-state index in [0.717, 1.165) is 11.6 Å². The summed E-state index contributed by atoms with van der Waals surface area (Å²) in [6, 6.07) is 8.24. The number of ether oxygens (including phenoxy) is 1. The predicted molar refractivity (Wildman–Crippen MR) is 69.0 cm³/mol. The molecule has 2 aromatic rings. The van der Waals surface area contributed by atoms with Crippen molar-refractivity contribution in [3.63, 3.8) is 0 Å². The largest absolute Gasteiger partial charge is 0.438 e. The van der Waals surface area contributed by atoms with E-state index in [-0.39, 0.29) is 11.3 Å². The van der Waals surface area contributed by atoms with Crippen LogP contribution in [0.15, 0.2) is 36.4 Å². The SMILES string of the molecule is Cc1cccc(Oc2nc(C(F)(F)F)ccc2C(N)=O)c1. The molecule has 0 aliphatic carbocycles. The number of aromatic nitrogens is 1. The van der Waals surface area contributed by atoms with Crippen molar-refractivity contribution in [3.05, 3.63) is 53.2 Å². The van der Waals surface area contributed by atoms with Gasteiger partial charge in [-0.15, -0.1) is 0 Å². The zero-order chi connectivity index (χ0) is 15.6. The highest BCUT2D eigenvalue weighted by Crippen LogP contribution is 2.31. The van der Waals surface area contributed by atoms with Crippen molar-refractivity contribution in [3.8, 4) is 11.6 Å². The molecule has 0 radical (unpaired) electrons. The van der Waals surface area contributed by atoms with Crippen molar-refractivity contribution >= 4 is 5.91 Å². The zero-order valence-electron chi connectivity index (χ0n) is 10.9. The summed E-state index contributed by atoms with van der Waals surface area (Å²) in [6.07, 6.45) is -4.64. The van der Waals surface area contributed by atoms with Crippen molar-refractivity contribution in [1.82, 2.24) is 4.98 Å². The number of hydrogen-bond acceptors (Lipinski definition) is 3. The Morgan fingerprint density at radius 1 is 1.24 bits per heavy atom. The average Bonchev–Trinajstić information content (AvgIpc) is 2.37. The smallest absolute Gasteiger partial charge is 0.433 e. The molecule has 0 aliphatic rings. The van der Waals surface area contributed by atoms with Gasteiger partial charge in [0.2, 0.25) is 5.88 Å². The molecule has 0 bridgehead atoms. The van der Waals surface area contributed by atoms with E-state index in [4.69, 9.17) is 10.5 Å². The second-order valence-corrected chi connectivity index (χ2v) is 4.33. The number of pyridine rings is 1. The molecule has 0 saturated carbocycles. The number of aryl methyl sites for hydroxylation is 1. The molecule has 1 heterocycles. The third kappa shape index (κ3) is 3.50. The molecule has 4 nitrogen and oxygen atoms in total. The van der Waals surface area contributed by atoms with Crippen LogP contribution < -0.4 is 10.5 Å². The Balaban J connectivity index is 2.46. The van der Waals surface area contributed by atoms with Crippen molar-refractivity contribution in [2.45, 2.75) is 13.1 Å². The van der Waals surface area contributed by atoms with Crippen molar-refractivity contribution in [1.29, 1.82) is 0 Å². The quantitative estimate of drug-likeness (QED) is 0.945. The molecule has 2 rings (SSSR count). The van der Waals surface area contributed by atoms with Crippen LogP contribution in [0.1, 0.15) is 21.6 Å². The number of benzene rings is 1. The summed E-state index contributed by atoms with van der Waals surface area (Å²) in [7, 11) is 0. The Morgan fingerprint density at radius 2 is 1.95 bits per heavy atom. The average molecular weight is 296 g/mol. The van der Waals surface area contributed by atoms with Gasteiger partial charge in [-0.1, -0.05) is 12.1 Å². The highest BCUT2D eigenvalue weighted by molar-refractivity contribution is 5.95. The number of rotatable bonds is 3. The molecule has 21 heavy (non-hydrogen) atoms. The first-order chi connectivity index (χ1) is 9.77. The molecule has 0 saturated heterocycles. The van der Waals surface area contributed by atoms with Gasteiger partial charge >= 0.3 is 6.18 Å². The fraction of sp³-hybridized carbons (Fsp3) is 0.143. The fourth-order valence-electron chi connectivity index (χ4n) is 1.65. The molecule has 7 heteroatoms. The molecule has 1 amide bonds. The van der Waals surface area contributed by atoms with Gasteiger partial charge in [-0.05, 0) is 36.8 Å². The molecule has 0 atom stereocenters. The lowest BCUT2D eigenvalue weighted by molar-refractivity contribution is -0.141. The third-order valence-electron chi connectivity index (χ3n) is 2.62. The number of alkyl halides is 3. The van der Waals surface area contributed by atoms with E-state index in [0.29, 0.717) is 6.07 Å². The number of amides is 1. The summed E-state index contributed by atoms with van der Waals surface area (Å²) >= 11 is 0. The minimum atomic E-state index is -4.64. The van der Waals surface area contributed by atoms with E-state index in [1.807, 2.05) is 0 Å². The summed E-state index contributed by atoms with van der Waals surface area (Å²) in [5, 5.41) is 0. The van der Waals surface area contributed by atoms with Crippen molar-refractivity contribution in [2.24, 2.45) is 5.73 Å². The Hall–Kier alpha value is -2.57. The second kappa shape index (κ2) is 5.43. The van der Waals surface area contributed by atoms with E-state index in [1.165, 1.54) is 0 Å². The van der Waals surface area contributed by atoms with Crippen LogP contribution in [0.2, 0.25) is 0 Å². The Morgan fingerprint density at radius 3 is 2.52 bits per heavy atom. The van der Waals surface area contributed by atoms with Gasteiger partial charge in [0.25, 0.3) is 5.91 Å². The summed E-state index contributed by atoms with van der Waals surface area (Å²) in [4.78, 5) is 14.6. The lowest BCUT2D eigenvalue weighted by atomic mass is 10.2. The normalized spacial score (nSPS) is 11.2. The van der Waals surface area contributed by atoms with Gasteiger partial charge < -0.3 is 10.5 Å². The highest BCUT2D eigenvalue weighted by atomic mass is 19.4. The van der Waals surface area contributed by atoms with E-state index in [9.17, 15) is 18.0 Å². The summed E-state index contributed by atoms with van der Waals surface area (Å²) < 4.78 is 43.3. The van der Waals surface area contributed by atoms with Gasteiger partial charge in [0, 0.05) is 0 Å². The van der Waals surface area contributed by atoms with Gasteiger partial charge in [-0.3, -0.25) is 4.79 Å². The molecule has 1 aromatic heterocycles. The van der Waals surface area contributed by atoms with Crippen LogP contribution in [0, 0.1) is 6.92 Å². The maximum Gasteiger partial charge on any atom is 0.433 e. The molecule has 2 N–H and O–H groups in total. The summed E-state index contributed by atoms with van der Waals surface area (Å²) in [5.74, 6) is -1.12. The number of hydrogen-bond donors (Lipinski definition) is 1. The molecule has 1 aromatic carbocycles. The first kappa shape index (κ1) is 14.8. The van der Waals surface area contributed by atoms with Crippen LogP contribution in [0.4, 0.5) is 13.2 Å². The van der Waals surface area contributed by atoms with E-state index < -0.39 is 23.7 Å². The Kier molecular flexibility index (Phi) is 3.84. The minimum absolute atomic E-state index is 0.218. The zero-order valence-corrected chi connectivity index (χ0v) is 10.9. The Bertz CT molecular complexity index is 684. The number of nitrogens with zero attached hydrogens (tertiary/aromatic N) is 1. The highest BCUT2D eigenvalue weighted by Gasteiger charge is 2.33. The second-order valence-electron chi connectivity index (χ2n) is 4.33. The van der Waals surface area contributed by atoms with Gasteiger partial charge in [-0.2, -0.15) is 13.2 Å². The van der Waals surface area contributed by atoms with E-state index in [1.54, 1.807) is 31.2 Å². The van der Waals surface area contributed by atoms with Gasteiger partial charge in [0.15, 0.2) is 0 Å². The van der Waals surface area contributed by atoms with Crippen LogP contribution in [-0.2, 0) is 6.18 Å². The molecule has 110 valence electrons. The van der Waals surface area contributed by atoms with Crippen LogP contribution in [0.5, 0.6) is 11.6 Å². The fourth-order valence-corrected chi connectivity index (χ4v) is 1.65. The first-order valence-corrected chi connectivity index (χ1v) is 5.90. The van der Waals surface area contributed by atoms with Gasteiger partial charge in [0.1, 0.15) is 17.0 Å². The number of carbonyl (C=O) groups is 1. The first-order valence-electron chi connectivity index (χ1n) is 5.90. The minimum Gasteiger partial charge on any atom is -0.438 e. The molecule has 0 fully saturated rings. The maximum absolute atomic E-state index is 12.7. The maximum atomic E-state index is 12.7. The lowest BCUT2D eigenvalue weighted by Gasteiger charge is -2.12. The monoisotopic (exact) mass is 296 g/mol. The summed E-state index contributed by atoms with van der Waals surface area (Å²) in [5.41, 5.74) is 4.59. The Labute approximate surface area is 118 Å². The van der Waals surface area contributed by atoms with Crippen LogP contribution >= 0.6 is 0 Å². The van der Waals surface area contributed by atoms with E-state index in [2.05, 4.69) is 4.98 Å². The molecular weight excluding hydrogens is 285 g/mol. The van der Waals surface area contributed by atoms with Gasteiger partial charge in [-0.25, -0.2) is 4.98 Å². The number of halogens is 3. The van der Waals surface area contributed by atoms with Crippen LogP contribution in [0.3, 0.4) is 0 Å². The number of primary amides is 1. The molecule has 0 spiro atoms. The lowest BCUT2D eigenvalue weighted by Crippen LogP contribution is -2.16. The predicted octanol–water partition coefficient (Wildman–Crippen LogP) is 3.30. The molecule has 0 unspecified atom stereocenters. The molecule has 0 aliphatic heterocycles. The van der Waals surface area contributed by atoms with Crippen LogP contribution in [-0.4, -0.2) is 10.9 Å². The van der Waals surface area contributed by atoms with Crippen LogP contribution in [0.25, 0.3) is 0 Å². The van der Waals surface area contributed by atoms with Gasteiger partial charge in [0.05, 0.1) is 0 Å². The number of carbonyl (C=O) groups excluding carboxylic acids is 1.